The number of aromatic hydroxyl groups is 1. The standard InChI is InChI=1S/C8H7F2NO3/c9-3-1-4(6(11)8(13)14)7(12)5(10)2-3/h1-2,6,12H,11H2,(H,13,14)/t6-/m1/s1. The first-order valence-corrected chi connectivity index (χ1v) is 3.59. The third-order valence-corrected chi connectivity index (χ3v) is 1.66. The molecule has 14 heavy (non-hydrogen) atoms. The van der Waals surface area contributed by atoms with Crippen molar-refractivity contribution < 1.29 is 23.8 Å². The molecule has 6 heteroatoms. The molecule has 0 bridgehead atoms. The second kappa shape index (κ2) is 3.59. The van der Waals surface area contributed by atoms with Crippen LogP contribution in [0.3, 0.4) is 0 Å². The highest BCUT2D eigenvalue weighted by Crippen LogP contribution is 2.27. The molecule has 0 radical (unpaired) electrons. The van der Waals surface area contributed by atoms with Crippen molar-refractivity contribution in [2.24, 2.45) is 5.73 Å². The maximum Gasteiger partial charge on any atom is 0.325 e. The molecule has 1 aromatic carbocycles. The molecule has 0 saturated heterocycles. The molecule has 0 spiro atoms. The Morgan fingerprint density at radius 3 is 2.50 bits per heavy atom. The third-order valence-electron chi connectivity index (χ3n) is 1.66. The summed E-state index contributed by atoms with van der Waals surface area (Å²) in [6.45, 7) is 0. The van der Waals surface area contributed by atoms with Gasteiger partial charge in [0.25, 0.3) is 0 Å². The first-order chi connectivity index (χ1) is 6.43. The molecule has 76 valence electrons. The molecule has 0 aliphatic heterocycles. The molecular formula is C8H7F2NO3. The zero-order valence-corrected chi connectivity index (χ0v) is 6.87. The number of halogens is 2. The molecule has 0 unspecified atom stereocenters. The van der Waals surface area contributed by atoms with Gasteiger partial charge in [0.15, 0.2) is 11.6 Å². The minimum absolute atomic E-state index is 0.438. The van der Waals surface area contributed by atoms with E-state index in [0.717, 1.165) is 0 Å². The number of carbonyl (C=O) groups is 1. The van der Waals surface area contributed by atoms with Crippen LogP contribution in [-0.4, -0.2) is 16.2 Å². The number of aliphatic carboxylic acids is 1. The van der Waals surface area contributed by atoms with E-state index in [1.807, 2.05) is 0 Å². The lowest BCUT2D eigenvalue weighted by Crippen LogP contribution is -2.21. The summed E-state index contributed by atoms with van der Waals surface area (Å²) in [5.41, 5.74) is 4.59. The lowest BCUT2D eigenvalue weighted by atomic mass is 10.1. The van der Waals surface area contributed by atoms with Crippen LogP contribution in [0, 0.1) is 11.6 Å². The molecule has 0 amide bonds. The third kappa shape index (κ3) is 1.80. The number of phenolic OH excluding ortho intramolecular Hbond substituents is 1. The van der Waals surface area contributed by atoms with Crippen LogP contribution in [0.25, 0.3) is 0 Å². The zero-order chi connectivity index (χ0) is 10.9. The molecule has 0 aliphatic rings. The van der Waals surface area contributed by atoms with Crippen LogP contribution in [0.1, 0.15) is 11.6 Å². The Kier molecular flexibility index (Phi) is 2.66. The average Bonchev–Trinajstić information content (AvgIpc) is 2.09. The van der Waals surface area contributed by atoms with Crippen LogP contribution in [0.5, 0.6) is 5.75 Å². The SMILES string of the molecule is N[C@@H](C(=O)O)c1cc(F)cc(F)c1O. The van der Waals surface area contributed by atoms with E-state index in [-0.39, 0.29) is 0 Å². The fourth-order valence-corrected chi connectivity index (χ4v) is 0.956. The van der Waals surface area contributed by atoms with Gasteiger partial charge in [-0.15, -0.1) is 0 Å². The fourth-order valence-electron chi connectivity index (χ4n) is 0.956. The van der Waals surface area contributed by atoms with E-state index in [9.17, 15) is 13.6 Å². The van der Waals surface area contributed by atoms with Crippen molar-refractivity contribution in [1.29, 1.82) is 0 Å². The van der Waals surface area contributed by atoms with Crippen LogP contribution < -0.4 is 5.73 Å². The molecule has 4 N–H and O–H groups in total. The Balaban J connectivity index is 3.26. The number of carboxylic acids is 1. The first-order valence-electron chi connectivity index (χ1n) is 3.59. The molecular weight excluding hydrogens is 196 g/mol. The van der Waals surface area contributed by atoms with Crippen LogP contribution in [0.15, 0.2) is 12.1 Å². The fraction of sp³-hybridized carbons (Fsp3) is 0.125. The van der Waals surface area contributed by atoms with Crippen molar-refractivity contribution in [3.05, 3.63) is 29.3 Å². The molecule has 1 rings (SSSR count). The van der Waals surface area contributed by atoms with Crippen molar-refractivity contribution in [2.75, 3.05) is 0 Å². The van der Waals surface area contributed by atoms with Crippen molar-refractivity contribution in [2.45, 2.75) is 6.04 Å². The molecule has 0 aliphatic carbocycles. The van der Waals surface area contributed by atoms with E-state index >= 15 is 0 Å². The second-order valence-corrected chi connectivity index (χ2v) is 2.64. The van der Waals surface area contributed by atoms with Gasteiger partial charge in [0.1, 0.15) is 11.9 Å². The highest BCUT2D eigenvalue weighted by Gasteiger charge is 2.21. The van der Waals surface area contributed by atoms with E-state index < -0.39 is 35.0 Å². The summed E-state index contributed by atoms with van der Waals surface area (Å²) in [4.78, 5) is 10.4. The number of phenols is 1. The first kappa shape index (κ1) is 10.4. The molecule has 1 atom stereocenters. The van der Waals surface area contributed by atoms with Gasteiger partial charge in [-0.05, 0) is 6.07 Å². The summed E-state index contributed by atoms with van der Waals surface area (Å²) in [6.07, 6.45) is 0. The largest absolute Gasteiger partial charge is 0.505 e. The Morgan fingerprint density at radius 2 is 2.00 bits per heavy atom. The van der Waals surface area contributed by atoms with Crippen molar-refractivity contribution in [3.63, 3.8) is 0 Å². The number of rotatable bonds is 2. The van der Waals surface area contributed by atoms with Gasteiger partial charge in [-0.3, -0.25) is 4.79 Å². The Bertz CT molecular complexity index is 381. The minimum Gasteiger partial charge on any atom is -0.505 e. The number of benzene rings is 1. The highest BCUT2D eigenvalue weighted by molar-refractivity contribution is 5.76. The van der Waals surface area contributed by atoms with E-state index in [0.29, 0.717) is 12.1 Å². The van der Waals surface area contributed by atoms with Gasteiger partial charge < -0.3 is 15.9 Å². The van der Waals surface area contributed by atoms with E-state index in [4.69, 9.17) is 15.9 Å². The topological polar surface area (TPSA) is 83.6 Å². The maximum atomic E-state index is 12.7. The second-order valence-electron chi connectivity index (χ2n) is 2.64. The summed E-state index contributed by atoms with van der Waals surface area (Å²) in [5, 5.41) is 17.5. The number of hydrogen-bond donors (Lipinski definition) is 3. The Labute approximate surface area is 77.6 Å². The van der Waals surface area contributed by atoms with Gasteiger partial charge >= 0.3 is 5.97 Å². The Hall–Kier alpha value is -1.69. The quantitative estimate of drug-likeness (QED) is 0.662. The lowest BCUT2D eigenvalue weighted by molar-refractivity contribution is -0.138. The van der Waals surface area contributed by atoms with Crippen molar-refractivity contribution in [3.8, 4) is 5.75 Å². The van der Waals surface area contributed by atoms with E-state index in [1.54, 1.807) is 0 Å². The molecule has 4 nitrogen and oxygen atoms in total. The van der Waals surface area contributed by atoms with Gasteiger partial charge in [-0.2, -0.15) is 0 Å². The lowest BCUT2D eigenvalue weighted by Gasteiger charge is -2.09. The van der Waals surface area contributed by atoms with Gasteiger partial charge in [0.2, 0.25) is 0 Å². The summed E-state index contributed by atoms with van der Waals surface area (Å²) in [6, 6.07) is -0.537. The zero-order valence-electron chi connectivity index (χ0n) is 6.87. The van der Waals surface area contributed by atoms with Gasteiger partial charge in [-0.1, -0.05) is 0 Å². The van der Waals surface area contributed by atoms with E-state index in [1.165, 1.54) is 0 Å². The number of hydrogen-bond acceptors (Lipinski definition) is 3. The van der Waals surface area contributed by atoms with Crippen LogP contribution in [-0.2, 0) is 4.79 Å². The monoisotopic (exact) mass is 203 g/mol. The molecule has 1 aromatic rings. The number of nitrogens with two attached hydrogens (primary N) is 1. The normalized spacial score (nSPS) is 12.5. The number of carboxylic acid groups (broad SMARTS) is 1. The van der Waals surface area contributed by atoms with Gasteiger partial charge in [0, 0.05) is 11.6 Å². The van der Waals surface area contributed by atoms with E-state index in [2.05, 4.69) is 0 Å². The molecule has 0 aromatic heterocycles. The minimum atomic E-state index is -1.65. The van der Waals surface area contributed by atoms with Gasteiger partial charge in [-0.25, -0.2) is 8.78 Å². The smallest absolute Gasteiger partial charge is 0.325 e. The highest BCUT2D eigenvalue weighted by atomic mass is 19.1. The molecule has 0 fully saturated rings. The van der Waals surface area contributed by atoms with Gasteiger partial charge in [0.05, 0.1) is 0 Å². The van der Waals surface area contributed by atoms with Crippen molar-refractivity contribution >= 4 is 5.97 Å². The van der Waals surface area contributed by atoms with Crippen LogP contribution in [0.4, 0.5) is 8.78 Å². The molecule has 0 heterocycles. The Morgan fingerprint density at radius 1 is 1.43 bits per heavy atom. The van der Waals surface area contributed by atoms with Crippen LogP contribution >= 0.6 is 0 Å². The summed E-state index contributed by atoms with van der Waals surface area (Å²) in [5.74, 6) is -4.66. The summed E-state index contributed by atoms with van der Waals surface area (Å²) in [7, 11) is 0. The maximum absolute atomic E-state index is 12.7. The predicted octanol–water partition coefficient (Wildman–Crippen LogP) is 0.755. The van der Waals surface area contributed by atoms with Crippen LogP contribution in [0.2, 0.25) is 0 Å². The molecule has 0 saturated carbocycles. The van der Waals surface area contributed by atoms with Crippen molar-refractivity contribution in [1.82, 2.24) is 0 Å². The average molecular weight is 203 g/mol. The summed E-state index contributed by atoms with van der Waals surface area (Å²) < 4.78 is 25.4. The summed E-state index contributed by atoms with van der Waals surface area (Å²) >= 11 is 0. The predicted molar refractivity (Wildman–Crippen MR) is 42.6 cm³/mol.